The smallest absolute Gasteiger partial charge is 0.305 e. The number of nitrogens with one attached hydrogen (secondary N) is 1. The van der Waals surface area contributed by atoms with Gasteiger partial charge in [0.05, 0.1) is 24.8 Å². The maximum atomic E-state index is 12.3. The Labute approximate surface area is 133 Å². The second-order valence-electron chi connectivity index (χ2n) is 5.46. The van der Waals surface area contributed by atoms with Gasteiger partial charge in [0.15, 0.2) is 12.2 Å². The molecule has 0 fully saturated rings. The van der Waals surface area contributed by atoms with E-state index in [1.807, 2.05) is 0 Å². The number of amides is 1. The highest BCUT2D eigenvalue weighted by molar-refractivity contribution is 5.95. The number of hydrogen-bond acceptors (Lipinski definition) is 5. The number of carbonyl (C=O) groups is 2. The maximum absolute atomic E-state index is 12.3. The van der Waals surface area contributed by atoms with E-state index in [1.54, 1.807) is 37.4 Å². The van der Waals surface area contributed by atoms with E-state index in [-0.39, 0.29) is 18.9 Å². The Kier molecular flexibility index (Phi) is 5.13. The lowest BCUT2D eigenvalue weighted by molar-refractivity contribution is -0.139. The van der Waals surface area contributed by atoms with Crippen molar-refractivity contribution in [2.45, 2.75) is 18.9 Å². The first-order valence-corrected chi connectivity index (χ1v) is 6.96. The van der Waals surface area contributed by atoms with Gasteiger partial charge < -0.3 is 19.6 Å². The second-order valence-corrected chi connectivity index (χ2v) is 5.46. The van der Waals surface area contributed by atoms with Gasteiger partial charge in [-0.05, 0) is 19.1 Å². The number of carboxylic acids is 1. The van der Waals surface area contributed by atoms with E-state index in [1.165, 1.54) is 13.5 Å². The summed E-state index contributed by atoms with van der Waals surface area (Å²) in [6.45, 7) is 1.73. The molecular formula is C16H18N2O5. The van der Waals surface area contributed by atoms with E-state index in [0.29, 0.717) is 11.3 Å². The first kappa shape index (κ1) is 16.7. The van der Waals surface area contributed by atoms with Crippen molar-refractivity contribution in [3.05, 3.63) is 42.4 Å². The first-order chi connectivity index (χ1) is 10.9. The van der Waals surface area contributed by atoms with Gasteiger partial charge in [-0.25, -0.2) is 4.98 Å². The fourth-order valence-corrected chi connectivity index (χ4v) is 2.27. The van der Waals surface area contributed by atoms with Crippen molar-refractivity contribution in [1.82, 2.24) is 10.3 Å². The molecule has 122 valence electrons. The predicted molar refractivity (Wildman–Crippen MR) is 81.9 cm³/mol. The van der Waals surface area contributed by atoms with Crippen LogP contribution in [0.3, 0.4) is 0 Å². The summed E-state index contributed by atoms with van der Waals surface area (Å²) in [4.78, 5) is 27.1. The monoisotopic (exact) mass is 318 g/mol. The van der Waals surface area contributed by atoms with Crippen LogP contribution < -0.4 is 5.32 Å². The topological polar surface area (TPSA) is 102 Å². The summed E-state index contributed by atoms with van der Waals surface area (Å²) in [5.41, 5.74) is 0.228. The van der Waals surface area contributed by atoms with Crippen LogP contribution in [0.15, 0.2) is 41.3 Å². The van der Waals surface area contributed by atoms with E-state index in [9.17, 15) is 9.59 Å². The average molecular weight is 318 g/mol. The van der Waals surface area contributed by atoms with Crippen LogP contribution in [-0.2, 0) is 9.53 Å². The standard InChI is InChI=1S/C16H18N2O5/c1-16(9-22-2,7-14(19)20)18-15(21)12-5-3-11(4-6-12)13-8-17-10-23-13/h3-6,8,10H,7,9H2,1-2H3,(H,18,21)(H,19,20). The highest BCUT2D eigenvalue weighted by Gasteiger charge is 2.29. The minimum Gasteiger partial charge on any atom is -0.481 e. The van der Waals surface area contributed by atoms with Crippen molar-refractivity contribution in [3.63, 3.8) is 0 Å². The lowest BCUT2D eigenvalue weighted by atomic mass is 9.98. The Balaban J connectivity index is 2.11. The first-order valence-electron chi connectivity index (χ1n) is 6.96. The van der Waals surface area contributed by atoms with Crippen LogP contribution in [0.4, 0.5) is 0 Å². The van der Waals surface area contributed by atoms with Crippen molar-refractivity contribution in [2.24, 2.45) is 0 Å². The summed E-state index contributed by atoms with van der Waals surface area (Å²) in [6, 6.07) is 6.75. The largest absolute Gasteiger partial charge is 0.481 e. The van der Waals surface area contributed by atoms with Crippen molar-refractivity contribution < 1.29 is 23.8 Å². The number of oxazole rings is 1. The van der Waals surface area contributed by atoms with Crippen molar-refractivity contribution in [3.8, 4) is 11.3 Å². The highest BCUT2D eigenvalue weighted by Crippen LogP contribution is 2.19. The number of methoxy groups -OCH3 is 1. The lowest BCUT2D eigenvalue weighted by Gasteiger charge is -2.28. The molecule has 7 nitrogen and oxygen atoms in total. The molecule has 2 rings (SSSR count). The SMILES string of the molecule is COCC(C)(CC(=O)O)NC(=O)c1ccc(-c2cnco2)cc1. The average Bonchev–Trinajstić information content (AvgIpc) is 3.00. The highest BCUT2D eigenvalue weighted by atomic mass is 16.5. The van der Waals surface area contributed by atoms with Gasteiger partial charge in [-0.15, -0.1) is 0 Å². The molecule has 2 aromatic rings. The quantitative estimate of drug-likeness (QED) is 0.809. The molecule has 0 bridgehead atoms. The molecule has 1 aromatic carbocycles. The summed E-state index contributed by atoms with van der Waals surface area (Å²) < 4.78 is 10.2. The van der Waals surface area contributed by atoms with Gasteiger partial charge in [-0.1, -0.05) is 12.1 Å². The van der Waals surface area contributed by atoms with Crippen LogP contribution in [0, 0.1) is 0 Å². The molecule has 0 aliphatic carbocycles. The molecule has 1 atom stereocenters. The van der Waals surface area contributed by atoms with Gasteiger partial charge in [-0.3, -0.25) is 9.59 Å². The molecule has 0 aliphatic heterocycles. The molecule has 0 spiro atoms. The fourth-order valence-electron chi connectivity index (χ4n) is 2.27. The zero-order valence-electron chi connectivity index (χ0n) is 12.9. The summed E-state index contributed by atoms with van der Waals surface area (Å²) in [6.07, 6.45) is 2.68. The Hall–Kier alpha value is -2.67. The molecule has 1 aromatic heterocycles. The molecule has 0 radical (unpaired) electrons. The molecule has 7 heteroatoms. The molecule has 0 saturated heterocycles. The zero-order chi connectivity index (χ0) is 16.9. The number of carboxylic acid groups (broad SMARTS) is 1. The Morgan fingerprint density at radius 2 is 2.04 bits per heavy atom. The van der Waals surface area contributed by atoms with Crippen LogP contribution >= 0.6 is 0 Å². The van der Waals surface area contributed by atoms with E-state index >= 15 is 0 Å². The van der Waals surface area contributed by atoms with Gasteiger partial charge in [0.25, 0.3) is 5.91 Å². The molecule has 1 unspecified atom stereocenters. The number of aromatic nitrogens is 1. The molecule has 0 saturated carbocycles. The molecule has 23 heavy (non-hydrogen) atoms. The Morgan fingerprint density at radius 1 is 1.35 bits per heavy atom. The number of benzene rings is 1. The normalized spacial score (nSPS) is 13.3. The van der Waals surface area contributed by atoms with E-state index < -0.39 is 11.5 Å². The summed E-state index contributed by atoms with van der Waals surface area (Å²) in [7, 11) is 1.46. The molecular weight excluding hydrogens is 300 g/mol. The molecule has 1 heterocycles. The van der Waals surface area contributed by atoms with Gasteiger partial charge in [0.1, 0.15) is 0 Å². The summed E-state index contributed by atoms with van der Waals surface area (Å²) in [5.74, 6) is -0.771. The minimum absolute atomic E-state index is 0.0984. The van der Waals surface area contributed by atoms with Crippen LogP contribution in [0.1, 0.15) is 23.7 Å². The summed E-state index contributed by atoms with van der Waals surface area (Å²) >= 11 is 0. The number of ether oxygens (including phenoxy) is 1. The number of aliphatic carboxylic acids is 1. The molecule has 2 N–H and O–H groups in total. The van der Waals surface area contributed by atoms with Crippen LogP contribution in [-0.4, -0.2) is 41.2 Å². The lowest BCUT2D eigenvalue weighted by Crippen LogP contribution is -2.50. The van der Waals surface area contributed by atoms with Crippen molar-refractivity contribution in [1.29, 1.82) is 0 Å². The number of rotatable bonds is 7. The number of nitrogens with zero attached hydrogens (tertiary/aromatic N) is 1. The minimum atomic E-state index is -1.01. The maximum Gasteiger partial charge on any atom is 0.305 e. The fraction of sp³-hybridized carbons (Fsp3) is 0.312. The summed E-state index contributed by atoms with van der Waals surface area (Å²) in [5, 5.41) is 11.7. The number of carbonyl (C=O) groups excluding carboxylic acids is 1. The zero-order valence-corrected chi connectivity index (χ0v) is 12.9. The van der Waals surface area contributed by atoms with Gasteiger partial charge in [-0.2, -0.15) is 0 Å². The molecule has 1 amide bonds. The van der Waals surface area contributed by atoms with E-state index in [0.717, 1.165) is 5.56 Å². The van der Waals surface area contributed by atoms with Crippen molar-refractivity contribution >= 4 is 11.9 Å². The third kappa shape index (κ3) is 4.40. The third-order valence-electron chi connectivity index (χ3n) is 3.28. The van der Waals surface area contributed by atoms with Gasteiger partial charge >= 0.3 is 5.97 Å². The van der Waals surface area contributed by atoms with Crippen molar-refractivity contribution in [2.75, 3.05) is 13.7 Å². The molecule has 0 aliphatic rings. The van der Waals surface area contributed by atoms with Gasteiger partial charge in [0.2, 0.25) is 0 Å². The predicted octanol–water partition coefficient (Wildman–Crippen LogP) is 1.95. The third-order valence-corrected chi connectivity index (χ3v) is 3.28. The van der Waals surface area contributed by atoms with Crippen LogP contribution in [0.5, 0.6) is 0 Å². The number of hydrogen-bond donors (Lipinski definition) is 2. The second kappa shape index (κ2) is 7.06. The van der Waals surface area contributed by atoms with E-state index in [4.69, 9.17) is 14.3 Å². The Bertz CT molecular complexity index is 666. The van der Waals surface area contributed by atoms with Crippen LogP contribution in [0.2, 0.25) is 0 Å². The van der Waals surface area contributed by atoms with Crippen LogP contribution in [0.25, 0.3) is 11.3 Å². The van der Waals surface area contributed by atoms with E-state index in [2.05, 4.69) is 10.3 Å². The Morgan fingerprint density at radius 3 is 2.57 bits per heavy atom. The van der Waals surface area contributed by atoms with Gasteiger partial charge in [0, 0.05) is 18.2 Å².